The van der Waals surface area contributed by atoms with Crippen molar-refractivity contribution in [1.29, 1.82) is 0 Å². The SMILES string of the molecule is CC(CN)C[P+](=O)O. The first-order chi connectivity index (χ1) is 3.66. The maximum absolute atomic E-state index is 10.1. The van der Waals surface area contributed by atoms with Crippen LogP contribution >= 0.6 is 8.03 Å². The molecular formula is C4H11NO2P+. The van der Waals surface area contributed by atoms with Gasteiger partial charge in [-0.3, -0.25) is 0 Å². The van der Waals surface area contributed by atoms with E-state index in [1.54, 1.807) is 0 Å². The molecule has 0 aromatic heterocycles. The molecule has 0 saturated carbocycles. The van der Waals surface area contributed by atoms with Gasteiger partial charge in [-0.15, -0.1) is 0 Å². The standard InChI is InChI=1S/C4H10NO2P/c1-4(2-5)3-8(6)7/h4H,2-3,5H2,1H3/p+1. The zero-order valence-electron chi connectivity index (χ0n) is 4.87. The topological polar surface area (TPSA) is 63.3 Å². The summed E-state index contributed by atoms with van der Waals surface area (Å²) in [4.78, 5) is 8.31. The van der Waals surface area contributed by atoms with Crippen molar-refractivity contribution in [3.8, 4) is 0 Å². The Morgan fingerprint density at radius 2 is 2.38 bits per heavy atom. The van der Waals surface area contributed by atoms with Crippen LogP contribution in [0.2, 0.25) is 0 Å². The van der Waals surface area contributed by atoms with E-state index in [2.05, 4.69) is 0 Å². The van der Waals surface area contributed by atoms with Gasteiger partial charge in [0, 0.05) is 5.92 Å². The van der Waals surface area contributed by atoms with E-state index < -0.39 is 8.03 Å². The van der Waals surface area contributed by atoms with Crippen LogP contribution in [0.15, 0.2) is 0 Å². The van der Waals surface area contributed by atoms with E-state index in [-0.39, 0.29) is 5.92 Å². The van der Waals surface area contributed by atoms with Gasteiger partial charge in [-0.05, 0) is 11.1 Å². The van der Waals surface area contributed by atoms with E-state index in [0.29, 0.717) is 12.7 Å². The maximum atomic E-state index is 10.1. The van der Waals surface area contributed by atoms with Crippen molar-refractivity contribution >= 4 is 8.03 Å². The highest BCUT2D eigenvalue weighted by Gasteiger charge is 2.14. The molecule has 8 heavy (non-hydrogen) atoms. The lowest BCUT2D eigenvalue weighted by Crippen LogP contribution is -2.12. The predicted molar refractivity (Wildman–Crippen MR) is 32.9 cm³/mol. The Kier molecular flexibility index (Phi) is 3.97. The van der Waals surface area contributed by atoms with Crippen LogP contribution in [0.4, 0.5) is 0 Å². The van der Waals surface area contributed by atoms with Gasteiger partial charge >= 0.3 is 8.03 Å². The fourth-order valence-electron chi connectivity index (χ4n) is 0.341. The molecule has 0 rings (SSSR count). The van der Waals surface area contributed by atoms with Crippen LogP contribution in [-0.4, -0.2) is 17.6 Å². The summed E-state index contributed by atoms with van der Waals surface area (Å²) in [5.41, 5.74) is 5.18. The molecule has 3 nitrogen and oxygen atoms in total. The average molecular weight is 136 g/mol. The molecule has 0 aromatic carbocycles. The second-order valence-electron chi connectivity index (χ2n) is 1.88. The van der Waals surface area contributed by atoms with Gasteiger partial charge in [-0.1, -0.05) is 6.92 Å². The van der Waals surface area contributed by atoms with Gasteiger partial charge in [0.25, 0.3) is 0 Å². The molecule has 2 atom stereocenters. The van der Waals surface area contributed by atoms with Crippen molar-refractivity contribution < 1.29 is 9.46 Å². The first kappa shape index (κ1) is 8.02. The monoisotopic (exact) mass is 136 g/mol. The van der Waals surface area contributed by atoms with Gasteiger partial charge in [-0.2, -0.15) is 4.89 Å². The molecule has 0 aliphatic heterocycles. The fourth-order valence-corrected chi connectivity index (χ4v) is 1.02. The third-order valence-corrected chi connectivity index (χ3v) is 1.81. The molecule has 0 heterocycles. The van der Waals surface area contributed by atoms with E-state index in [0.717, 1.165) is 0 Å². The van der Waals surface area contributed by atoms with Crippen LogP contribution in [0.25, 0.3) is 0 Å². The normalized spacial score (nSPS) is 15.6. The van der Waals surface area contributed by atoms with Crippen molar-refractivity contribution in [3.63, 3.8) is 0 Å². The van der Waals surface area contributed by atoms with Gasteiger partial charge in [0.2, 0.25) is 0 Å². The Hall–Kier alpha value is 0.0200. The maximum Gasteiger partial charge on any atom is 0.505 e. The van der Waals surface area contributed by atoms with Crippen molar-refractivity contribution in [2.24, 2.45) is 11.7 Å². The third kappa shape index (κ3) is 4.19. The molecular weight excluding hydrogens is 125 g/mol. The van der Waals surface area contributed by atoms with Crippen molar-refractivity contribution in [3.05, 3.63) is 0 Å². The van der Waals surface area contributed by atoms with Crippen LogP contribution in [0.3, 0.4) is 0 Å². The molecule has 0 aliphatic rings. The van der Waals surface area contributed by atoms with Gasteiger partial charge in [-0.25, -0.2) is 0 Å². The molecule has 0 fully saturated rings. The second-order valence-corrected chi connectivity index (χ2v) is 2.95. The van der Waals surface area contributed by atoms with E-state index in [1.165, 1.54) is 0 Å². The summed E-state index contributed by atoms with van der Waals surface area (Å²) in [5.74, 6) is 0.170. The molecule has 4 heteroatoms. The van der Waals surface area contributed by atoms with Gasteiger partial charge in [0.05, 0.1) is 0 Å². The second kappa shape index (κ2) is 3.96. The number of hydrogen-bond acceptors (Lipinski definition) is 2. The Balaban J connectivity index is 3.24. The Labute approximate surface area is 49.8 Å². The Bertz CT molecular complexity index is 86.1. The van der Waals surface area contributed by atoms with Crippen molar-refractivity contribution in [2.45, 2.75) is 6.92 Å². The molecule has 0 amide bonds. The van der Waals surface area contributed by atoms with Crippen LogP contribution in [0, 0.1) is 5.92 Å². The molecule has 0 spiro atoms. The summed E-state index contributed by atoms with van der Waals surface area (Å²) in [5, 5.41) is 0. The first-order valence-corrected chi connectivity index (χ1v) is 3.90. The minimum Gasteiger partial charge on any atom is -0.330 e. The van der Waals surface area contributed by atoms with Crippen LogP contribution in [0.5, 0.6) is 0 Å². The Morgan fingerprint density at radius 1 is 1.88 bits per heavy atom. The lowest BCUT2D eigenvalue weighted by atomic mass is 10.2. The van der Waals surface area contributed by atoms with E-state index in [9.17, 15) is 4.57 Å². The van der Waals surface area contributed by atoms with Gasteiger partial charge in [0.15, 0.2) is 6.16 Å². The predicted octanol–water partition coefficient (Wildman–Crippen LogP) is 0.316. The van der Waals surface area contributed by atoms with Gasteiger partial charge < -0.3 is 5.73 Å². The molecule has 0 bridgehead atoms. The quantitative estimate of drug-likeness (QED) is 0.549. The highest BCUT2D eigenvalue weighted by atomic mass is 31.1. The van der Waals surface area contributed by atoms with Crippen molar-refractivity contribution in [2.75, 3.05) is 12.7 Å². The summed E-state index contributed by atoms with van der Waals surface area (Å²) in [6.07, 6.45) is 0.325. The summed E-state index contributed by atoms with van der Waals surface area (Å²) in [7, 11) is -1.98. The minimum atomic E-state index is -1.98. The lowest BCUT2D eigenvalue weighted by Gasteiger charge is -1.94. The summed E-state index contributed by atoms with van der Waals surface area (Å²) in [6, 6.07) is 0. The molecule has 0 saturated heterocycles. The lowest BCUT2D eigenvalue weighted by molar-refractivity contribution is 0.490. The molecule has 48 valence electrons. The Morgan fingerprint density at radius 3 is 2.50 bits per heavy atom. The highest BCUT2D eigenvalue weighted by molar-refractivity contribution is 7.38. The van der Waals surface area contributed by atoms with E-state index in [4.69, 9.17) is 10.6 Å². The molecule has 0 radical (unpaired) electrons. The molecule has 0 aliphatic carbocycles. The number of nitrogens with two attached hydrogens (primary N) is 1. The smallest absolute Gasteiger partial charge is 0.330 e. The largest absolute Gasteiger partial charge is 0.505 e. The number of hydrogen-bond donors (Lipinski definition) is 2. The average Bonchev–Trinajstić information content (AvgIpc) is 1.65. The molecule has 0 aromatic rings. The van der Waals surface area contributed by atoms with E-state index in [1.807, 2.05) is 6.92 Å². The number of rotatable bonds is 3. The van der Waals surface area contributed by atoms with Gasteiger partial charge in [0.1, 0.15) is 0 Å². The third-order valence-electron chi connectivity index (χ3n) is 0.870. The summed E-state index contributed by atoms with van der Waals surface area (Å²) >= 11 is 0. The summed E-state index contributed by atoms with van der Waals surface area (Å²) < 4.78 is 10.1. The minimum absolute atomic E-state index is 0.170. The fraction of sp³-hybridized carbons (Fsp3) is 1.00. The zero-order valence-corrected chi connectivity index (χ0v) is 5.77. The van der Waals surface area contributed by atoms with E-state index >= 15 is 0 Å². The van der Waals surface area contributed by atoms with Crippen LogP contribution in [0.1, 0.15) is 6.92 Å². The first-order valence-electron chi connectivity index (χ1n) is 2.50. The van der Waals surface area contributed by atoms with Crippen LogP contribution < -0.4 is 5.73 Å². The molecule has 2 unspecified atom stereocenters. The zero-order chi connectivity index (χ0) is 6.57. The summed E-state index contributed by atoms with van der Waals surface area (Å²) in [6.45, 7) is 2.34. The highest BCUT2D eigenvalue weighted by Crippen LogP contribution is 2.16. The van der Waals surface area contributed by atoms with Crippen LogP contribution in [-0.2, 0) is 4.57 Å². The molecule has 3 N–H and O–H groups in total. The van der Waals surface area contributed by atoms with Crippen molar-refractivity contribution in [1.82, 2.24) is 0 Å².